The molecule has 1 saturated heterocycles. The number of carbonyl (C=O) groups excluding carboxylic acids is 2. The van der Waals surface area contributed by atoms with Gasteiger partial charge >= 0.3 is 0 Å². The van der Waals surface area contributed by atoms with Crippen LogP contribution in [-0.4, -0.2) is 29.3 Å². The van der Waals surface area contributed by atoms with Crippen molar-refractivity contribution in [2.24, 2.45) is 11.7 Å². The molecule has 1 heterocycles. The van der Waals surface area contributed by atoms with E-state index >= 15 is 0 Å². The number of amides is 2. The largest absolute Gasteiger partial charge is 0.369 e. The van der Waals surface area contributed by atoms with Crippen LogP contribution in [0.25, 0.3) is 0 Å². The third kappa shape index (κ3) is 4.31. The maximum atomic E-state index is 12.3. The number of hydrogen-bond donors (Lipinski definition) is 1. The average molecular weight is 288 g/mol. The normalized spacial score (nSPS) is 22.0. The molecule has 1 aromatic carbocycles. The number of likely N-dealkylation sites (tertiary alicyclic amines) is 1. The van der Waals surface area contributed by atoms with Crippen molar-refractivity contribution in [3.8, 4) is 0 Å². The molecule has 1 aliphatic rings. The molecule has 0 spiro atoms. The predicted molar refractivity (Wildman–Crippen MR) is 82.5 cm³/mol. The van der Waals surface area contributed by atoms with Crippen molar-refractivity contribution in [2.45, 2.75) is 45.1 Å². The van der Waals surface area contributed by atoms with Crippen molar-refractivity contribution in [2.75, 3.05) is 6.54 Å². The van der Waals surface area contributed by atoms with Gasteiger partial charge in [0, 0.05) is 19.0 Å². The van der Waals surface area contributed by atoms with Crippen LogP contribution in [-0.2, 0) is 16.0 Å². The molecule has 0 radical (unpaired) electrons. The van der Waals surface area contributed by atoms with E-state index in [4.69, 9.17) is 5.73 Å². The van der Waals surface area contributed by atoms with Crippen LogP contribution in [0.4, 0.5) is 0 Å². The van der Waals surface area contributed by atoms with Gasteiger partial charge in [0.1, 0.15) is 0 Å². The van der Waals surface area contributed by atoms with E-state index in [2.05, 4.69) is 12.1 Å². The summed E-state index contributed by atoms with van der Waals surface area (Å²) < 4.78 is 0. The first-order valence-corrected chi connectivity index (χ1v) is 7.70. The molecule has 4 heteroatoms. The van der Waals surface area contributed by atoms with Gasteiger partial charge in [-0.15, -0.1) is 0 Å². The van der Waals surface area contributed by atoms with E-state index in [0.29, 0.717) is 13.0 Å². The minimum Gasteiger partial charge on any atom is -0.369 e. The molecule has 0 unspecified atom stereocenters. The Morgan fingerprint density at radius 2 is 1.95 bits per heavy atom. The lowest BCUT2D eigenvalue weighted by molar-refractivity contribution is -0.137. The highest BCUT2D eigenvalue weighted by Gasteiger charge is 2.31. The van der Waals surface area contributed by atoms with Crippen molar-refractivity contribution in [3.63, 3.8) is 0 Å². The van der Waals surface area contributed by atoms with E-state index in [1.54, 1.807) is 0 Å². The van der Waals surface area contributed by atoms with E-state index in [1.165, 1.54) is 5.56 Å². The molecule has 0 saturated carbocycles. The van der Waals surface area contributed by atoms with E-state index in [9.17, 15) is 9.59 Å². The lowest BCUT2D eigenvalue weighted by Gasteiger charge is -2.37. The number of nitrogens with zero attached hydrogens (tertiary/aromatic N) is 1. The fourth-order valence-corrected chi connectivity index (χ4v) is 2.92. The van der Waals surface area contributed by atoms with Gasteiger partial charge in [0.15, 0.2) is 0 Å². The molecule has 0 bridgehead atoms. The zero-order chi connectivity index (χ0) is 15.2. The molecule has 21 heavy (non-hydrogen) atoms. The molecule has 1 fully saturated rings. The highest BCUT2D eigenvalue weighted by atomic mass is 16.2. The standard InChI is InChI=1S/C17H24N2O2/c1-13-10-11-15(17(18)21)12-19(13)16(20)9-5-8-14-6-3-2-4-7-14/h2-4,6-7,13,15H,5,8-12H2,1H3,(H2,18,21)/t13-,15+/m0/s1. The quantitative estimate of drug-likeness (QED) is 0.902. The number of benzene rings is 1. The molecule has 2 amide bonds. The monoisotopic (exact) mass is 288 g/mol. The molecule has 2 rings (SSSR count). The first-order valence-electron chi connectivity index (χ1n) is 7.70. The minimum absolute atomic E-state index is 0.143. The van der Waals surface area contributed by atoms with Gasteiger partial charge in [0.2, 0.25) is 11.8 Å². The summed E-state index contributed by atoms with van der Waals surface area (Å²) in [5, 5.41) is 0. The topological polar surface area (TPSA) is 63.4 Å². The van der Waals surface area contributed by atoms with Crippen molar-refractivity contribution < 1.29 is 9.59 Å². The Hall–Kier alpha value is -1.84. The highest BCUT2D eigenvalue weighted by Crippen LogP contribution is 2.22. The Bertz CT molecular complexity index is 487. The van der Waals surface area contributed by atoms with Crippen LogP contribution in [0.5, 0.6) is 0 Å². The zero-order valence-electron chi connectivity index (χ0n) is 12.6. The maximum absolute atomic E-state index is 12.3. The lowest BCUT2D eigenvalue weighted by Crippen LogP contribution is -2.48. The highest BCUT2D eigenvalue weighted by molar-refractivity contribution is 5.80. The van der Waals surface area contributed by atoms with Crippen molar-refractivity contribution in [1.29, 1.82) is 0 Å². The number of carbonyl (C=O) groups is 2. The molecule has 4 nitrogen and oxygen atoms in total. The Kier molecular flexibility index (Phi) is 5.37. The first-order chi connectivity index (χ1) is 10.1. The second-order valence-corrected chi connectivity index (χ2v) is 5.91. The number of primary amides is 1. The predicted octanol–water partition coefficient (Wildman–Crippen LogP) is 2.12. The maximum Gasteiger partial charge on any atom is 0.222 e. The molecule has 0 aromatic heterocycles. The molecule has 1 aliphatic heterocycles. The van der Waals surface area contributed by atoms with Crippen LogP contribution in [0, 0.1) is 5.92 Å². The summed E-state index contributed by atoms with van der Waals surface area (Å²) >= 11 is 0. The van der Waals surface area contributed by atoms with Crippen molar-refractivity contribution in [1.82, 2.24) is 4.90 Å². The summed E-state index contributed by atoms with van der Waals surface area (Å²) in [5.41, 5.74) is 6.63. The Morgan fingerprint density at radius 1 is 1.24 bits per heavy atom. The number of hydrogen-bond acceptors (Lipinski definition) is 2. The van der Waals surface area contributed by atoms with E-state index in [1.807, 2.05) is 30.0 Å². The molecule has 1 aromatic rings. The third-order valence-corrected chi connectivity index (χ3v) is 4.30. The van der Waals surface area contributed by atoms with Gasteiger partial charge in [-0.05, 0) is 38.2 Å². The lowest BCUT2D eigenvalue weighted by atomic mass is 9.92. The average Bonchev–Trinajstić information content (AvgIpc) is 2.48. The van der Waals surface area contributed by atoms with Gasteiger partial charge in [-0.25, -0.2) is 0 Å². The number of rotatable bonds is 5. The van der Waals surface area contributed by atoms with Gasteiger partial charge in [-0.1, -0.05) is 30.3 Å². The fourth-order valence-electron chi connectivity index (χ4n) is 2.92. The van der Waals surface area contributed by atoms with E-state index in [-0.39, 0.29) is 23.8 Å². The SMILES string of the molecule is C[C@H]1CC[C@@H](C(N)=O)CN1C(=O)CCCc1ccccc1. The number of nitrogens with two attached hydrogens (primary N) is 1. The molecule has 2 N–H and O–H groups in total. The minimum atomic E-state index is -0.288. The van der Waals surface area contributed by atoms with Crippen LogP contribution >= 0.6 is 0 Å². The summed E-state index contributed by atoms with van der Waals surface area (Å²) in [5.74, 6) is -0.326. The number of piperidine rings is 1. The van der Waals surface area contributed by atoms with Crippen LogP contribution in [0.15, 0.2) is 30.3 Å². The molecule has 114 valence electrons. The Labute approximate surface area is 126 Å². The zero-order valence-corrected chi connectivity index (χ0v) is 12.6. The second kappa shape index (κ2) is 7.25. The molecular weight excluding hydrogens is 264 g/mol. The summed E-state index contributed by atoms with van der Waals surface area (Å²) in [4.78, 5) is 25.5. The fraction of sp³-hybridized carbons (Fsp3) is 0.529. The smallest absolute Gasteiger partial charge is 0.222 e. The Morgan fingerprint density at radius 3 is 2.62 bits per heavy atom. The van der Waals surface area contributed by atoms with E-state index < -0.39 is 0 Å². The molecule has 0 aliphatic carbocycles. The Balaban J connectivity index is 1.82. The summed E-state index contributed by atoms with van der Waals surface area (Å²) in [6.07, 6.45) is 3.94. The van der Waals surface area contributed by atoms with Gasteiger partial charge in [-0.3, -0.25) is 9.59 Å². The van der Waals surface area contributed by atoms with Gasteiger partial charge in [0.25, 0.3) is 0 Å². The van der Waals surface area contributed by atoms with Crippen molar-refractivity contribution in [3.05, 3.63) is 35.9 Å². The van der Waals surface area contributed by atoms with Crippen LogP contribution in [0.2, 0.25) is 0 Å². The van der Waals surface area contributed by atoms with Crippen LogP contribution < -0.4 is 5.73 Å². The van der Waals surface area contributed by atoms with Crippen molar-refractivity contribution >= 4 is 11.8 Å². The van der Waals surface area contributed by atoms with E-state index in [0.717, 1.165) is 25.7 Å². The van der Waals surface area contributed by atoms with Crippen LogP contribution in [0.1, 0.15) is 38.2 Å². The van der Waals surface area contributed by atoms with Crippen LogP contribution in [0.3, 0.4) is 0 Å². The van der Waals surface area contributed by atoms with Gasteiger partial charge in [-0.2, -0.15) is 0 Å². The summed E-state index contributed by atoms with van der Waals surface area (Å²) in [6.45, 7) is 2.53. The van der Waals surface area contributed by atoms with Gasteiger partial charge < -0.3 is 10.6 Å². The third-order valence-electron chi connectivity index (χ3n) is 4.30. The molecule has 2 atom stereocenters. The second-order valence-electron chi connectivity index (χ2n) is 5.91. The summed E-state index contributed by atoms with van der Waals surface area (Å²) in [7, 11) is 0. The number of aryl methyl sites for hydroxylation is 1. The molecular formula is C17H24N2O2. The first kappa shape index (κ1) is 15.5. The summed E-state index contributed by atoms with van der Waals surface area (Å²) in [6, 6.07) is 10.4. The van der Waals surface area contributed by atoms with Gasteiger partial charge in [0.05, 0.1) is 5.92 Å².